The number of hydrogen-bond donors (Lipinski definition) is 2. The Kier molecular flexibility index (Phi) is 5.40. The predicted octanol–water partition coefficient (Wildman–Crippen LogP) is 3.68. The molecular formula is C15H23NO2S. The molecule has 0 aromatic carbocycles. The Hall–Kier alpha value is -0.870. The van der Waals surface area contributed by atoms with Crippen LogP contribution in [-0.4, -0.2) is 17.6 Å². The predicted molar refractivity (Wildman–Crippen MR) is 78.4 cm³/mol. The normalized spacial score (nSPS) is 25.1. The first-order valence-electron chi connectivity index (χ1n) is 7.13. The lowest BCUT2D eigenvalue weighted by Crippen LogP contribution is -2.30. The molecule has 3 unspecified atom stereocenters. The summed E-state index contributed by atoms with van der Waals surface area (Å²) >= 11 is 1.63. The van der Waals surface area contributed by atoms with Gasteiger partial charge in [0.2, 0.25) is 0 Å². The summed E-state index contributed by atoms with van der Waals surface area (Å²) in [6.45, 7) is 3.26. The van der Waals surface area contributed by atoms with Gasteiger partial charge in [-0.3, -0.25) is 4.79 Å². The Morgan fingerprint density at radius 3 is 3.05 bits per heavy atom. The second kappa shape index (κ2) is 7.06. The zero-order chi connectivity index (χ0) is 13.7. The molecule has 1 heterocycles. The number of carboxylic acids is 1. The van der Waals surface area contributed by atoms with E-state index in [4.69, 9.17) is 5.11 Å². The lowest BCUT2D eigenvalue weighted by Gasteiger charge is -2.28. The summed E-state index contributed by atoms with van der Waals surface area (Å²) in [5, 5.41) is 14.5. The van der Waals surface area contributed by atoms with Gasteiger partial charge in [-0.2, -0.15) is 0 Å². The van der Waals surface area contributed by atoms with E-state index >= 15 is 0 Å². The molecule has 2 rings (SSSR count). The molecule has 1 aliphatic carbocycles. The van der Waals surface area contributed by atoms with Crippen LogP contribution in [0.5, 0.6) is 0 Å². The van der Waals surface area contributed by atoms with E-state index in [1.807, 2.05) is 17.5 Å². The Morgan fingerprint density at radius 2 is 2.42 bits per heavy atom. The van der Waals surface area contributed by atoms with Crippen LogP contribution in [0.3, 0.4) is 0 Å². The van der Waals surface area contributed by atoms with Crippen LogP contribution in [-0.2, 0) is 4.79 Å². The highest BCUT2D eigenvalue weighted by Crippen LogP contribution is 2.29. The van der Waals surface area contributed by atoms with Crippen molar-refractivity contribution in [2.24, 2.45) is 11.8 Å². The lowest BCUT2D eigenvalue weighted by atomic mass is 9.82. The van der Waals surface area contributed by atoms with Crippen molar-refractivity contribution in [2.45, 2.75) is 45.1 Å². The van der Waals surface area contributed by atoms with Crippen LogP contribution in [0.15, 0.2) is 17.5 Å². The van der Waals surface area contributed by atoms with Gasteiger partial charge < -0.3 is 10.4 Å². The number of carbonyl (C=O) groups is 1. The number of aliphatic carboxylic acids is 1. The fourth-order valence-corrected chi connectivity index (χ4v) is 3.79. The highest BCUT2D eigenvalue weighted by atomic mass is 32.1. The molecule has 0 radical (unpaired) electrons. The third-order valence-corrected chi connectivity index (χ3v) is 4.95. The van der Waals surface area contributed by atoms with Gasteiger partial charge in [0.05, 0.1) is 12.5 Å². The third-order valence-electron chi connectivity index (χ3n) is 3.96. The zero-order valence-electron chi connectivity index (χ0n) is 11.5. The molecule has 1 saturated carbocycles. The second-order valence-corrected chi connectivity index (χ2v) is 6.69. The van der Waals surface area contributed by atoms with Crippen molar-refractivity contribution < 1.29 is 9.90 Å². The molecule has 0 spiro atoms. The van der Waals surface area contributed by atoms with Crippen LogP contribution in [0.2, 0.25) is 0 Å². The molecule has 106 valence electrons. The number of thiophene rings is 1. The highest BCUT2D eigenvalue weighted by Gasteiger charge is 2.21. The molecule has 1 aromatic rings. The van der Waals surface area contributed by atoms with Gasteiger partial charge in [0.15, 0.2) is 0 Å². The van der Waals surface area contributed by atoms with Crippen LogP contribution < -0.4 is 5.32 Å². The largest absolute Gasteiger partial charge is 0.481 e. The van der Waals surface area contributed by atoms with Gasteiger partial charge in [0.25, 0.3) is 0 Å². The van der Waals surface area contributed by atoms with Gasteiger partial charge in [-0.05, 0) is 42.7 Å². The third kappa shape index (κ3) is 4.62. The van der Waals surface area contributed by atoms with Crippen LogP contribution in [0.25, 0.3) is 0 Å². The molecule has 0 amide bonds. The number of carboxylic acid groups (broad SMARTS) is 1. The van der Waals surface area contributed by atoms with E-state index in [0.29, 0.717) is 5.92 Å². The Balaban J connectivity index is 1.87. The monoisotopic (exact) mass is 281 g/mol. The molecule has 4 heteroatoms. The van der Waals surface area contributed by atoms with Gasteiger partial charge in [0.1, 0.15) is 0 Å². The smallest absolute Gasteiger partial charge is 0.305 e. The quantitative estimate of drug-likeness (QED) is 0.836. The van der Waals surface area contributed by atoms with E-state index < -0.39 is 5.97 Å². The molecule has 1 aromatic heterocycles. The summed E-state index contributed by atoms with van der Waals surface area (Å²) in [4.78, 5) is 12.1. The van der Waals surface area contributed by atoms with Crippen molar-refractivity contribution in [3.63, 3.8) is 0 Å². The maximum absolute atomic E-state index is 11.0. The zero-order valence-corrected chi connectivity index (χ0v) is 12.3. The van der Waals surface area contributed by atoms with Crippen molar-refractivity contribution >= 4 is 17.3 Å². The fourth-order valence-electron chi connectivity index (χ4n) is 2.99. The molecule has 3 atom stereocenters. The summed E-state index contributed by atoms with van der Waals surface area (Å²) in [7, 11) is 0. The summed E-state index contributed by atoms with van der Waals surface area (Å²) in [5.74, 6) is 0.795. The van der Waals surface area contributed by atoms with E-state index in [-0.39, 0.29) is 12.5 Å². The molecule has 1 aliphatic rings. The summed E-state index contributed by atoms with van der Waals surface area (Å²) in [5.41, 5.74) is 0. The molecule has 1 fully saturated rings. The molecule has 3 nitrogen and oxygen atoms in total. The number of nitrogens with one attached hydrogen (secondary N) is 1. The van der Waals surface area contributed by atoms with Crippen molar-refractivity contribution in [2.75, 3.05) is 6.54 Å². The molecule has 0 bridgehead atoms. The van der Waals surface area contributed by atoms with Crippen molar-refractivity contribution in [3.05, 3.63) is 22.4 Å². The molecule has 2 N–H and O–H groups in total. The standard InChI is InChI=1S/C15H23NO2S/c1-11-4-2-5-12(8-11)10-16-13(9-15(17)18)14-6-3-7-19-14/h3,6-7,11-13,16H,2,4-5,8-10H2,1H3,(H,17,18). The average Bonchev–Trinajstić information content (AvgIpc) is 2.88. The molecule has 0 saturated heterocycles. The summed E-state index contributed by atoms with van der Waals surface area (Å²) in [6, 6.07) is 3.98. The maximum Gasteiger partial charge on any atom is 0.305 e. The van der Waals surface area contributed by atoms with Gasteiger partial charge in [-0.1, -0.05) is 25.8 Å². The van der Waals surface area contributed by atoms with Crippen LogP contribution >= 0.6 is 11.3 Å². The minimum atomic E-state index is -0.733. The first-order valence-corrected chi connectivity index (χ1v) is 8.01. The average molecular weight is 281 g/mol. The van der Waals surface area contributed by atoms with E-state index in [1.165, 1.54) is 25.7 Å². The Labute approximate surface area is 119 Å². The van der Waals surface area contributed by atoms with Crippen LogP contribution in [0.1, 0.15) is 49.9 Å². The molecule has 19 heavy (non-hydrogen) atoms. The minimum Gasteiger partial charge on any atom is -0.481 e. The second-order valence-electron chi connectivity index (χ2n) is 5.71. The maximum atomic E-state index is 11.0. The SMILES string of the molecule is CC1CCCC(CNC(CC(=O)O)c2cccs2)C1. The highest BCUT2D eigenvalue weighted by molar-refractivity contribution is 7.10. The topological polar surface area (TPSA) is 49.3 Å². The van der Waals surface area contributed by atoms with E-state index in [9.17, 15) is 4.79 Å². The van der Waals surface area contributed by atoms with Crippen LogP contribution in [0.4, 0.5) is 0 Å². The Bertz CT molecular complexity index is 391. The van der Waals surface area contributed by atoms with E-state index in [2.05, 4.69) is 12.2 Å². The summed E-state index contributed by atoms with van der Waals surface area (Å²) < 4.78 is 0. The molecular weight excluding hydrogens is 258 g/mol. The number of rotatable bonds is 6. The van der Waals surface area contributed by atoms with Gasteiger partial charge in [0, 0.05) is 4.88 Å². The first kappa shape index (κ1) is 14.5. The van der Waals surface area contributed by atoms with E-state index in [0.717, 1.165) is 17.3 Å². The van der Waals surface area contributed by atoms with Crippen LogP contribution in [0, 0.1) is 11.8 Å². The van der Waals surface area contributed by atoms with E-state index in [1.54, 1.807) is 11.3 Å². The lowest BCUT2D eigenvalue weighted by molar-refractivity contribution is -0.137. The van der Waals surface area contributed by atoms with Gasteiger partial charge >= 0.3 is 5.97 Å². The first-order chi connectivity index (χ1) is 9.15. The Morgan fingerprint density at radius 1 is 1.58 bits per heavy atom. The number of hydrogen-bond acceptors (Lipinski definition) is 3. The van der Waals surface area contributed by atoms with Crippen molar-refractivity contribution in [1.29, 1.82) is 0 Å². The van der Waals surface area contributed by atoms with Crippen molar-refractivity contribution in [3.8, 4) is 0 Å². The fraction of sp³-hybridized carbons (Fsp3) is 0.667. The van der Waals surface area contributed by atoms with Crippen molar-refractivity contribution in [1.82, 2.24) is 5.32 Å². The summed E-state index contributed by atoms with van der Waals surface area (Å²) in [6.07, 6.45) is 5.39. The minimum absolute atomic E-state index is 0.0327. The molecule has 0 aliphatic heterocycles. The van der Waals surface area contributed by atoms with Gasteiger partial charge in [-0.25, -0.2) is 0 Å². The van der Waals surface area contributed by atoms with Gasteiger partial charge in [-0.15, -0.1) is 11.3 Å².